The summed E-state index contributed by atoms with van der Waals surface area (Å²) in [4.78, 5) is 27.6. The molecule has 0 spiro atoms. The zero-order chi connectivity index (χ0) is 20.9. The van der Waals surface area contributed by atoms with E-state index in [0.717, 1.165) is 30.8 Å². The summed E-state index contributed by atoms with van der Waals surface area (Å²) in [5.74, 6) is -0.276. The van der Waals surface area contributed by atoms with Gasteiger partial charge in [-0.05, 0) is 37.5 Å². The van der Waals surface area contributed by atoms with Crippen molar-refractivity contribution in [1.29, 1.82) is 0 Å². The van der Waals surface area contributed by atoms with Crippen LogP contribution in [-0.4, -0.2) is 70.5 Å². The predicted octanol–water partition coefficient (Wildman–Crippen LogP) is 1.91. The molecule has 5 heterocycles. The molecule has 160 valence electrons. The number of pyridine rings is 1. The highest BCUT2D eigenvalue weighted by atomic mass is 19.1. The Hall–Kier alpha value is -2.52. The average Bonchev–Trinajstić information content (AvgIpc) is 3.05. The SMILES string of the molecule is C[C@H]1C[C@](F)(Cc2ccn3ncc(N4CCC(=O)NC4=O)c3c2)CCN1C1COC1. The van der Waals surface area contributed by atoms with Crippen molar-refractivity contribution in [3.05, 3.63) is 30.1 Å². The number of imide groups is 1. The maximum Gasteiger partial charge on any atom is 0.328 e. The molecule has 8 nitrogen and oxygen atoms in total. The molecule has 2 aromatic heterocycles. The molecular weight excluding hydrogens is 389 g/mol. The summed E-state index contributed by atoms with van der Waals surface area (Å²) in [6.45, 7) is 4.65. The quantitative estimate of drug-likeness (QED) is 0.825. The molecule has 2 atom stereocenters. The first kappa shape index (κ1) is 19.4. The summed E-state index contributed by atoms with van der Waals surface area (Å²) in [7, 11) is 0. The molecule has 30 heavy (non-hydrogen) atoms. The number of carbonyl (C=O) groups excluding carboxylic acids is 2. The first-order valence-corrected chi connectivity index (χ1v) is 10.5. The molecule has 0 unspecified atom stereocenters. The Balaban J connectivity index is 1.35. The number of piperidine rings is 1. The van der Waals surface area contributed by atoms with E-state index in [9.17, 15) is 9.59 Å². The van der Waals surface area contributed by atoms with Crippen LogP contribution >= 0.6 is 0 Å². The maximum absolute atomic E-state index is 15.8. The molecule has 2 aromatic rings. The van der Waals surface area contributed by atoms with E-state index in [4.69, 9.17) is 4.74 Å². The second kappa shape index (κ2) is 7.31. The minimum atomic E-state index is -1.26. The van der Waals surface area contributed by atoms with E-state index >= 15 is 4.39 Å². The van der Waals surface area contributed by atoms with Crippen LogP contribution in [0.2, 0.25) is 0 Å². The minimum Gasteiger partial charge on any atom is -0.378 e. The van der Waals surface area contributed by atoms with Crippen LogP contribution < -0.4 is 10.2 Å². The number of rotatable bonds is 4. The van der Waals surface area contributed by atoms with Gasteiger partial charge in [0.1, 0.15) is 5.67 Å². The molecule has 0 saturated carbocycles. The van der Waals surface area contributed by atoms with Crippen molar-refractivity contribution in [3.8, 4) is 0 Å². The van der Waals surface area contributed by atoms with E-state index in [1.54, 1.807) is 16.9 Å². The van der Waals surface area contributed by atoms with Crippen LogP contribution in [0.3, 0.4) is 0 Å². The molecule has 3 amide bonds. The Kier molecular flexibility index (Phi) is 4.74. The van der Waals surface area contributed by atoms with Gasteiger partial charge in [-0.2, -0.15) is 5.10 Å². The number of ether oxygens (including phenoxy) is 1. The summed E-state index contributed by atoms with van der Waals surface area (Å²) >= 11 is 0. The van der Waals surface area contributed by atoms with E-state index in [-0.39, 0.29) is 18.4 Å². The fourth-order valence-electron chi connectivity index (χ4n) is 4.91. The van der Waals surface area contributed by atoms with Gasteiger partial charge in [0, 0.05) is 38.2 Å². The van der Waals surface area contributed by atoms with E-state index in [2.05, 4.69) is 22.2 Å². The maximum atomic E-state index is 15.8. The van der Waals surface area contributed by atoms with Gasteiger partial charge in [-0.1, -0.05) is 0 Å². The van der Waals surface area contributed by atoms with Gasteiger partial charge in [0.2, 0.25) is 5.91 Å². The molecule has 3 saturated heterocycles. The summed E-state index contributed by atoms with van der Waals surface area (Å²) in [5, 5.41) is 6.64. The van der Waals surface area contributed by atoms with Gasteiger partial charge in [-0.15, -0.1) is 0 Å². The van der Waals surface area contributed by atoms with Crippen molar-refractivity contribution < 1.29 is 18.7 Å². The number of alkyl halides is 1. The second-order valence-electron chi connectivity index (χ2n) is 8.71. The molecule has 1 N–H and O–H groups in total. The molecule has 3 aliphatic rings. The summed E-state index contributed by atoms with van der Waals surface area (Å²) < 4.78 is 22.7. The fraction of sp³-hybridized carbons (Fsp3) is 0.571. The number of carbonyl (C=O) groups is 2. The summed E-state index contributed by atoms with van der Waals surface area (Å²) in [5.41, 5.74) is 0.988. The van der Waals surface area contributed by atoms with Gasteiger partial charge in [-0.25, -0.2) is 13.7 Å². The normalized spacial score (nSPS) is 28.6. The number of anilines is 1. The standard InChI is InChI=1S/C21H26FN5O3/c1-14-9-21(22,4-7-25(14)16-12-30-13-16)10-15-2-6-27-17(8-15)18(11-23-27)26-5-3-19(28)24-20(26)29/h2,6,8,11,14,16H,3-5,7,9-10,12-13H2,1H3,(H,24,28,29)/t14-,21-/m0/s1. The number of nitrogens with one attached hydrogen (secondary N) is 1. The highest BCUT2D eigenvalue weighted by molar-refractivity contribution is 6.07. The number of nitrogens with zero attached hydrogens (tertiary/aromatic N) is 4. The number of hydrogen-bond donors (Lipinski definition) is 1. The Morgan fingerprint density at radius 3 is 2.87 bits per heavy atom. The third-order valence-corrected chi connectivity index (χ3v) is 6.57. The zero-order valence-corrected chi connectivity index (χ0v) is 17.0. The van der Waals surface area contributed by atoms with Crippen molar-refractivity contribution in [3.63, 3.8) is 0 Å². The lowest BCUT2D eigenvalue weighted by atomic mass is 9.83. The molecular formula is C21H26FN5O3. The van der Waals surface area contributed by atoms with Gasteiger partial charge in [0.25, 0.3) is 0 Å². The molecule has 5 rings (SSSR count). The van der Waals surface area contributed by atoms with Gasteiger partial charge in [0.05, 0.1) is 36.7 Å². The van der Waals surface area contributed by atoms with Crippen molar-refractivity contribution in [2.75, 3.05) is 31.2 Å². The van der Waals surface area contributed by atoms with Crippen LogP contribution in [0.4, 0.5) is 14.9 Å². The lowest BCUT2D eigenvalue weighted by molar-refractivity contribution is -0.120. The zero-order valence-electron chi connectivity index (χ0n) is 17.0. The van der Waals surface area contributed by atoms with Crippen LogP contribution in [0.25, 0.3) is 5.52 Å². The van der Waals surface area contributed by atoms with E-state index in [0.29, 0.717) is 37.5 Å². The number of amides is 3. The number of fused-ring (bicyclic) bond motifs is 1. The Morgan fingerprint density at radius 1 is 1.33 bits per heavy atom. The summed E-state index contributed by atoms with van der Waals surface area (Å²) in [6.07, 6.45) is 4.99. The van der Waals surface area contributed by atoms with Crippen molar-refractivity contribution in [2.24, 2.45) is 0 Å². The molecule has 3 aliphatic heterocycles. The van der Waals surface area contributed by atoms with E-state index in [1.165, 1.54) is 4.90 Å². The van der Waals surface area contributed by atoms with Crippen LogP contribution in [0.15, 0.2) is 24.5 Å². The van der Waals surface area contributed by atoms with Crippen LogP contribution in [0.1, 0.15) is 31.7 Å². The number of aromatic nitrogens is 2. The minimum absolute atomic E-state index is 0.182. The highest BCUT2D eigenvalue weighted by Crippen LogP contribution is 2.36. The average molecular weight is 415 g/mol. The Morgan fingerprint density at radius 2 is 2.17 bits per heavy atom. The van der Waals surface area contributed by atoms with Gasteiger partial charge in [0.15, 0.2) is 0 Å². The first-order valence-electron chi connectivity index (χ1n) is 10.5. The third kappa shape index (κ3) is 3.45. The summed E-state index contributed by atoms with van der Waals surface area (Å²) in [6, 6.07) is 3.96. The van der Waals surface area contributed by atoms with Crippen LogP contribution in [0.5, 0.6) is 0 Å². The number of hydrogen-bond acceptors (Lipinski definition) is 5. The van der Waals surface area contributed by atoms with Gasteiger partial charge >= 0.3 is 6.03 Å². The number of halogens is 1. The number of urea groups is 1. The van der Waals surface area contributed by atoms with Crippen LogP contribution in [-0.2, 0) is 16.0 Å². The van der Waals surface area contributed by atoms with Crippen LogP contribution in [0, 0.1) is 0 Å². The Bertz CT molecular complexity index is 990. The smallest absolute Gasteiger partial charge is 0.328 e. The van der Waals surface area contributed by atoms with E-state index in [1.807, 2.05) is 12.1 Å². The topological polar surface area (TPSA) is 79.2 Å². The molecule has 3 fully saturated rings. The van der Waals surface area contributed by atoms with Gasteiger partial charge < -0.3 is 4.74 Å². The van der Waals surface area contributed by atoms with Crippen molar-refractivity contribution in [1.82, 2.24) is 19.8 Å². The van der Waals surface area contributed by atoms with E-state index < -0.39 is 11.7 Å². The fourth-order valence-corrected chi connectivity index (χ4v) is 4.91. The molecule has 9 heteroatoms. The second-order valence-corrected chi connectivity index (χ2v) is 8.71. The third-order valence-electron chi connectivity index (χ3n) is 6.57. The lowest BCUT2D eigenvalue weighted by Crippen LogP contribution is -2.58. The monoisotopic (exact) mass is 415 g/mol. The molecule has 0 aromatic carbocycles. The lowest BCUT2D eigenvalue weighted by Gasteiger charge is -2.47. The predicted molar refractivity (Wildman–Crippen MR) is 108 cm³/mol. The molecule has 0 bridgehead atoms. The Labute approximate surface area is 174 Å². The van der Waals surface area contributed by atoms with Crippen molar-refractivity contribution >= 4 is 23.1 Å². The number of likely N-dealkylation sites (tertiary alicyclic amines) is 1. The first-order chi connectivity index (χ1) is 14.4. The van der Waals surface area contributed by atoms with Crippen molar-refractivity contribution in [2.45, 2.75) is 50.4 Å². The van der Waals surface area contributed by atoms with Gasteiger partial charge in [-0.3, -0.25) is 19.9 Å². The largest absolute Gasteiger partial charge is 0.378 e. The molecule has 0 aliphatic carbocycles. The molecule has 0 radical (unpaired) electrons. The highest BCUT2D eigenvalue weighted by Gasteiger charge is 2.42.